The van der Waals surface area contributed by atoms with Crippen LogP contribution in [0.15, 0.2) is 23.2 Å². The number of nitrogens with zero attached hydrogens (tertiary/aromatic N) is 1. The number of hydrogen-bond donors (Lipinski definition) is 3. The van der Waals surface area contributed by atoms with Gasteiger partial charge in [-0.15, -0.1) is 0 Å². The van der Waals surface area contributed by atoms with E-state index in [-0.39, 0.29) is 16.2 Å². The Hall–Kier alpha value is -1.49. The van der Waals surface area contributed by atoms with Gasteiger partial charge in [-0.1, -0.05) is 42.2 Å². The van der Waals surface area contributed by atoms with Gasteiger partial charge >= 0.3 is 0 Å². The minimum absolute atomic E-state index is 0.0746. The lowest BCUT2D eigenvalue weighted by Gasteiger charge is -2.30. The Labute approximate surface area is 171 Å². The van der Waals surface area contributed by atoms with E-state index in [1.165, 1.54) is 19.3 Å². The number of likely N-dealkylation sites (N-methyl/N-ethyl adjacent to an activating group) is 1. The first-order valence-corrected chi connectivity index (χ1v) is 11.5. The topological polar surface area (TPSA) is 83.1 Å². The van der Waals surface area contributed by atoms with E-state index in [4.69, 9.17) is 11.6 Å². The van der Waals surface area contributed by atoms with Gasteiger partial charge in [-0.05, 0) is 31.5 Å². The summed E-state index contributed by atoms with van der Waals surface area (Å²) in [5.41, 5.74) is 0.312. The summed E-state index contributed by atoms with van der Waals surface area (Å²) in [4.78, 5) is 2.94. The van der Waals surface area contributed by atoms with Crippen LogP contribution in [0.3, 0.4) is 0 Å². The molecule has 11 heteroatoms. The van der Waals surface area contributed by atoms with Crippen LogP contribution in [0, 0.1) is 16.9 Å². The van der Waals surface area contributed by atoms with Crippen LogP contribution in [0.25, 0.3) is 0 Å². The average Bonchev–Trinajstić information content (AvgIpc) is 2.99. The highest BCUT2D eigenvalue weighted by Gasteiger charge is 2.24. The number of halogens is 3. The molecule has 6 nitrogen and oxygen atoms in total. The molecule has 0 bridgehead atoms. The monoisotopic (exact) mass is 450 g/mol. The second-order valence-corrected chi connectivity index (χ2v) is 9.78. The Morgan fingerprint density at radius 2 is 2.11 bits per heavy atom. The standard InChI is InChI=1S/C17H21ClF2N4O2S2/c1-21-11(5-10-3-2-4-10)8-22-14-7-13(19)15(6-12(14)18)28(25,26)24-17-23-9-16(20)27-17/h6-7,9-11,21-22H,2-5,8H2,1H3,(H,23,24)/t11-/m0/s1. The number of nitrogens with one attached hydrogen (secondary N) is 3. The van der Waals surface area contributed by atoms with E-state index in [2.05, 4.69) is 15.6 Å². The summed E-state index contributed by atoms with van der Waals surface area (Å²) < 4.78 is 54.3. The highest BCUT2D eigenvalue weighted by Crippen LogP contribution is 2.32. The summed E-state index contributed by atoms with van der Waals surface area (Å²) >= 11 is 6.68. The van der Waals surface area contributed by atoms with Crippen molar-refractivity contribution in [2.75, 3.05) is 23.6 Å². The Bertz CT molecular complexity index is 935. The van der Waals surface area contributed by atoms with Crippen molar-refractivity contribution in [3.8, 4) is 0 Å². The van der Waals surface area contributed by atoms with Crippen molar-refractivity contribution in [1.29, 1.82) is 0 Å². The molecule has 1 atom stereocenters. The van der Waals surface area contributed by atoms with Gasteiger partial charge in [-0.2, -0.15) is 4.39 Å². The molecule has 1 saturated carbocycles. The summed E-state index contributed by atoms with van der Waals surface area (Å²) in [6.45, 7) is 0.537. The summed E-state index contributed by atoms with van der Waals surface area (Å²) in [7, 11) is -2.41. The zero-order chi connectivity index (χ0) is 20.3. The Morgan fingerprint density at radius 1 is 1.36 bits per heavy atom. The van der Waals surface area contributed by atoms with Crippen molar-refractivity contribution < 1.29 is 17.2 Å². The van der Waals surface area contributed by atoms with Crippen molar-refractivity contribution in [3.63, 3.8) is 0 Å². The molecule has 1 aliphatic carbocycles. The number of anilines is 2. The van der Waals surface area contributed by atoms with Gasteiger partial charge in [0.1, 0.15) is 10.7 Å². The minimum atomic E-state index is -4.29. The van der Waals surface area contributed by atoms with E-state index in [0.717, 1.165) is 24.8 Å². The number of hydrogen-bond acceptors (Lipinski definition) is 6. The third kappa shape index (κ3) is 5.11. The number of sulfonamides is 1. The first kappa shape index (κ1) is 21.2. The molecule has 0 aliphatic heterocycles. The van der Waals surface area contributed by atoms with E-state index in [1.54, 1.807) is 0 Å². The number of rotatable bonds is 9. The summed E-state index contributed by atoms with van der Waals surface area (Å²) in [5, 5.41) is 5.54. The molecule has 0 spiro atoms. The van der Waals surface area contributed by atoms with Gasteiger partial charge in [0.05, 0.1) is 16.9 Å². The summed E-state index contributed by atoms with van der Waals surface area (Å²) in [6, 6.07) is 2.29. The lowest BCUT2D eigenvalue weighted by molar-refractivity contribution is 0.268. The third-order valence-corrected chi connectivity index (χ3v) is 7.30. The smallest absolute Gasteiger partial charge is 0.266 e. The van der Waals surface area contributed by atoms with Crippen LogP contribution in [-0.4, -0.2) is 33.0 Å². The Kier molecular flexibility index (Phi) is 6.74. The van der Waals surface area contributed by atoms with Crippen molar-refractivity contribution >= 4 is 43.8 Å². The number of thiazole rings is 1. The molecule has 1 heterocycles. The molecule has 1 aromatic carbocycles. The van der Waals surface area contributed by atoms with Crippen molar-refractivity contribution in [3.05, 3.63) is 34.3 Å². The molecule has 154 valence electrons. The molecule has 0 saturated heterocycles. The fourth-order valence-corrected chi connectivity index (χ4v) is 5.18. The van der Waals surface area contributed by atoms with E-state index < -0.39 is 25.9 Å². The van der Waals surface area contributed by atoms with Gasteiger partial charge in [-0.3, -0.25) is 4.72 Å². The number of benzene rings is 1. The van der Waals surface area contributed by atoms with Crippen LogP contribution in [0.5, 0.6) is 0 Å². The second kappa shape index (κ2) is 8.89. The fourth-order valence-electron chi connectivity index (χ4n) is 3.01. The summed E-state index contributed by atoms with van der Waals surface area (Å²) in [5.74, 6) is -0.253. The van der Waals surface area contributed by atoms with Crippen molar-refractivity contribution in [2.24, 2.45) is 5.92 Å². The van der Waals surface area contributed by atoms with E-state index >= 15 is 0 Å². The number of aromatic nitrogens is 1. The molecule has 0 radical (unpaired) electrons. The maximum absolute atomic E-state index is 14.5. The Morgan fingerprint density at radius 3 is 2.68 bits per heavy atom. The molecule has 2 aromatic rings. The maximum Gasteiger partial charge on any atom is 0.266 e. The lowest BCUT2D eigenvalue weighted by atomic mass is 9.81. The van der Waals surface area contributed by atoms with Crippen LogP contribution in [0.2, 0.25) is 5.02 Å². The predicted octanol–water partition coefficient (Wildman–Crippen LogP) is 4.07. The molecule has 3 rings (SSSR count). The highest BCUT2D eigenvalue weighted by atomic mass is 35.5. The summed E-state index contributed by atoms with van der Waals surface area (Å²) in [6.07, 6.45) is 5.63. The van der Waals surface area contributed by atoms with Crippen LogP contribution in [0.1, 0.15) is 25.7 Å². The van der Waals surface area contributed by atoms with E-state index in [9.17, 15) is 17.2 Å². The zero-order valence-corrected chi connectivity index (χ0v) is 17.5. The van der Waals surface area contributed by atoms with Crippen molar-refractivity contribution in [2.45, 2.75) is 36.6 Å². The average molecular weight is 451 g/mol. The predicted molar refractivity (Wildman–Crippen MR) is 108 cm³/mol. The molecule has 0 unspecified atom stereocenters. The Balaban J connectivity index is 1.70. The quantitative estimate of drug-likeness (QED) is 0.536. The molecule has 3 N–H and O–H groups in total. The highest BCUT2D eigenvalue weighted by molar-refractivity contribution is 7.93. The fraction of sp³-hybridized carbons (Fsp3) is 0.471. The molecule has 28 heavy (non-hydrogen) atoms. The molecule has 0 amide bonds. The van der Waals surface area contributed by atoms with Gasteiger partial charge < -0.3 is 10.6 Å². The SMILES string of the molecule is CN[C@H](CNc1cc(F)c(S(=O)(=O)Nc2ncc(F)s2)cc1Cl)CC1CCC1. The van der Waals surface area contributed by atoms with Crippen LogP contribution < -0.4 is 15.4 Å². The zero-order valence-electron chi connectivity index (χ0n) is 15.1. The van der Waals surface area contributed by atoms with Gasteiger partial charge in [-0.25, -0.2) is 17.8 Å². The lowest BCUT2D eigenvalue weighted by Crippen LogP contribution is -2.36. The molecular formula is C17H21ClF2N4O2S2. The molecule has 1 aromatic heterocycles. The van der Waals surface area contributed by atoms with Crippen molar-refractivity contribution in [1.82, 2.24) is 10.3 Å². The van der Waals surface area contributed by atoms with Crippen LogP contribution in [0.4, 0.5) is 19.6 Å². The minimum Gasteiger partial charge on any atom is -0.382 e. The molecule has 1 fully saturated rings. The van der Waals surface area contributed by atoms with E-state index in [1.807, 2.05) is 11.8 Å². The van der Waals surface area contributed by atoms with Crippen LogP contribution in [-0.2, 0) is 10.0 Å². The van der Waals surface area contributed by atoms with Gasteiger partial charge in [0, 0.05) is 12.6 Å². The first-order chi connectivity index (χ1) is 13.3. The third-order valence-electron chi connectivity index (χ3n) is 4.80. The van der Waals surface area contributed by atoms with Crippen LogP contribution >= 0.6 is 22.9 Å². The molecular weight excluding hydrogens is 430 g/mol. The molecule has 1 aliphatic rings. The second-order valence-electron chi connectivity index (χ2n) is 6.74. The van der Waals surface area contributed by atoms with E-state index in [0.29, 0.717) is 29.5 Å². The van der Waals surface area contributed by atoms with Gasteiger partial charge in [0.15, 0.2) is 10.3 Å². The van der Waals surface area contributed by atoms with Gasteiger partial charge in [0.2, 0.25) is 0 Å². The maximum atomic E-state index is 14.5. The first-order valence-electron chi connectivity index (χ1n) is 8.83. The van der Waals surface area contributed by atoms with Gasteiger partial charge in [0.25, 0.3) is 10.0 Å². The normalized spacial score (nSPS) is 15.9. The largest absolute Gasteiger partial charge is 0.382 e.